The minimum atomic E-state index is -0.753. The van der Waals surface area contributed by atoms with Gasteiger partial charge in [-0.3, -0.25) is 9.36 Å². The average molecular weight is 497 g/mol. The second-order valence-corrected chi connectivity index (χ2v) is 8.37. The van der Waals surface area contributed by atoms with E-state index in [2.05, 4.69) is 0 Å². The van der Waals surface area contributed by atoms with Gasteiger partial charge in [-0.05, 0) is 25.0 Å². The fourth-order valence-electron chi connectivity index (χ4n) is 4.08. The third-order valence-corrected chi connectivity index (χ3v) is 5.80. The fraction of sp³-hybridized carbons (Fsp3) is 0.241. The van der Waals surface area contributed by atoms with Gasteiger partial charge in [-0.2, -0.15) is 4.98 Å². The molecule has 4 rings (SSSR count). The number of unbranched alkanes of at least 4 members (excludes halogenated alkanes) is 4. The van der Waals surface area contributed by atoms with E-state index in [1.165, 1.54) is 6.07 Å². The number of rotatable bonds is 12. The van der Waals surface area contributed by atoms with Gasteiger partial charge >= 0.3 is 41.5 Å². The number of imidazole rings is 1. The molecule has 0 saturated heterocycles. The molecule has 1 heterocycles. The fourth-order valence-corrected chi connectivity index (χ4v) is 4.08. The molecule has 182 valence electrons. The van der Waals surface area contributed by atoms with Crippen LogP contribution in [0.1, 0.15) is 40.0 Å². The first-order valence-corrected chi connectivity index (χ1v) is 12.0. The molecule has 7 heteroatoms. The second-order valence-electron chi connectivity index (χ2n) is 8.37. The minimum Gasteiger partial charge on any atom is -1.00 e. The molecule has 1 aromatic heterocycles. The molecule has 36 heavy (non-hydrogen) atoms. The number of nitrogens with zero attached hydrogens (tertiary/aromatic N) is 2. The van der Waals surface area contributed by atoms with Crippen molar-refractivity contribution in [3.63, 3.8) is 0 Å². The third-order valence-electron chi connectivity index (χ3n) is 5.80. The number of carboxylic acid groups (broad SMARTS) is 1. The van der Waals surface area contributed by atoms with Crippen molar-refractivity contribution in [3.8, 4) is 34.2 Å². The monoisotopic (exact) mass is 496 g/mol. The van der Waals surface area contributed by atoms with Crippen LogP contribution < -0.4 is 34.3 Å². The molecule has 0 spiro atoms. The summed E-state index contributed by atoms with van der Waals surface area (Å²) >= 11 is 0. The Morgan fingerprint density at radius 3 is 2.08 bits per heavy atom. The van der Waals surface area contributed by atoms with Crippen LogP contribution in [-0.2, 0) is 4.79 Å². The van der Waals surface area contributed by atoms with Crippen molar-refractivity contribution >= 4 is 5.97 Å². The number of aromatic nitrogens is 2. The summed E-state index contributed by atoms with van der Waals surface area (Å²) in [5.74, 6) is -1.11. The molecule has 0 fully saturated rings. The Balaban J connectivity index is 0.00000241. The summed E-state index contributed by atoms with van der Waals surface area (Å²) < 4.78 is 22.9. The Kier molecular flexibility index (Phi) is 10.7. The molecular formula is C29H30FN2NaO3. The van der Waals surface area contributed by atoms with Gasteiger partial charge in [-0.15, -0.1) is 0 Å². The molecule has 5 nitrogen and oxygen atoms in total. The van der Waals surface area contributed by atoms with Crippen LogP contribution in [0.2, 0.25) is 0 Å². The number of halogens is 1. The van der Waals surface area contributed by atoms with Crippen molar-refractivity contribution in [3.05, 3.63) is 90.7 Å². The zero-order valence-electron chi connectivity index (χ0n) is 21.6. The summed E-state index contributed by atoms with van der Waals surface area (Å²) in [5, 5.41) is 8.75. The maximum atomic E-state index is 15.0. The first-order valence-electron chi connectivity index (χ1n) is 12.0. The van der Waals surface area contributed by atoms with Gasteiger partial charge in [0.15, 0.2) is 0 Å². The van der Waals surface area contributed by atoms with Gasteiger partial charge in [0.1, 0.15) is 11.5 Å². The minimum absolute atomic E-state index is 0. The summed E-state index contributed by atoms with van der Waals surface area (Å²) in [6.45, 7) is 0.437. The van der Waals surface area contributed by atoms with E-state index >= 15 is 4.39 Å². The molecule has 0 bridgehead atoms. The quantitative estimate of drug-likeness (QED) is 0.235. The Hall–Kier alpha value is -2.93. The molecule has 1 N–H and O–H groups in total. The Labute approximate surface area is 234 Å². The van der Waals surface area contributed by atoms with Gasteiger partial charge in [-0.25, -0.2) is 4.39 Å². The third kappa shape index (κ3) is 7.06. The first-order chi connectivity index (χ1) is 17.1. The van der Waals surface area contributed by atoms with E-state index in [-0.39, 0.29) is 43.2 Å². The van der Waals surface area contributed by atoms with Crippen LogP contribution in [0.25, 0.3) is 28.2 Å². The van der Waals surface area contributed by atoms with Crippen molar-refractivity contribution in [1.29, 1.82) is 0 Å². The molecule has 0 amide bonds. The van der Waals surface area contributed by atoms with Gasteiger partial charge < -0.3 is 11.3 Å². The Morgan fingerprint density at radius 2 is 1.42 bits per heavy atom. The molecule has 3 aromatic carbocycles. The van der Waals surface area contributed by atoms with E-state index in [0.29, 0.717) is 24.7 Å². The van der Waals surface area contributed by atoms with E-state index in [4.69, 9.17) is 14.8 Å². The van der Waals surface area contributed by atoms with Gasteiger partial charge in [0.2, 0.25) is 0 Å². The molecular weight excluding hydrogens is 466 g/mol. The maximum absolute atomic E-state index is 15.0. The van der Waals surface area contributed by atoms with E-state index in [9.17, 15) is 4.79 Å². The Morgan fingerprint density at radius 1 is 0.833 bits per heavy atom. The van der Waals surface area contributed by atoms with Gasteiger partial charge in [-0.1, -0.05) is 92.1 Å². The number of ether oxygens (including phenoxy) is 1. The van der Waals surface area contributed by atoms with Crippen LogP contribution >= 0.6 is 0 Å². The number of carbonyl (C=O) groups is 1. The number of carboxylic acids is 1. The molecule has 0 saturated carbocycles. The van der Waals surface area contributed by atoms with Crippen LogP contribution in [0.5, 0.6) is 6.01 Å². The topological polar surface area (TPSA) is 64.3 Å². The number of hydrogen-bond donors (Lipinski definition) is 1. The van der Waals surface area contributed by atoms with E-state index in [1.54, 1.807) is 22.8 Å². The molecule has 0 atom stereocenters. The average Bonchev–Trinajstić information content (AvgIpc) is 3.26. The SMILES string of the molecule is O=C(O)CCCCCCCOc1nc(-c2ccccc2)c(-c2ccccc2)n1-c1ccccc1F.[H-].[Na+]. The van der Waals surface area contributed by atoms with Crippen molar-refractivity contribution < 1.29 is 50.0 Å². The summed E-state index contributed by atoms with van der Waals surface area (Å²) in [6, 6.07) is 26.6. The van der Waals surface area contributed by atoms with Crippen molar-refractivity contribution in [2.24, 2.45) is 0 Å². The zero-order chi connectivity index (χ0) is 24.5. The van der Waals surface area contributed by atoms with Crippen LogP contribution in [0.3, 0.4) is 0 Å². The normalized spacial score (nSPS) is 10.6. The van der Waals surface area contributed by atoms with Crippen molar-refractivity contribution in [2.45, 2.75) is 38.5 Å². The largest absolute Gasteiger partial charge is 1.00 e. The number of benzene rings is 3. The van der Waals surface area contributed by atoms with Crippen LogP contribution in [0.15, 0.2) is 84.9 Å². The maximum Gasteiger partial charge on any atom is 1.00 e. The standard InChI is InChI=1S/C29H29FN2O3.Na.H/c30-24-18-11-12-19-25(24)32-28(23-16-8-5-9-17-23)27(22-14-6-4-7-15-22)31-29(32)35-21-13-3-1-2-10-20-26(33)34;;/h4-9,11-12,14-19H,1-3,10,13,20-21H2,(H,33,34);;/q;+1;-1. The van der Waals surface area contributed by atoms with Crippen molar-refractivity contribution in [2.75, 3.05) is 6.61 Å². The number of hydrogen-bond acceptors (Lipinski definition) is 3. The smallest absolute Gasteiger partial charge is 1.00 e. The summed E-state index contributed by atoms with van der Waals surface area (Å²) in [4.78, 5) is 15.5. The summed E-state index contributed by atoms with van der Waals surface area (Å²) in [7, 11) is 0. The summed E-state index contributed by atoms with van der Waals surface area (Å²) in [6.07, 6.45) is 4.46. The zero-order valence-corrected chi connectivity index (χ0v) is 22.6. The van der Waals surface area contributed by atoms with Crippen LogP contribution in [0, 0.1) is 5.82 Å². The molecule has 0 aliphatic carbocycles. The molecule has 0 unspecified atom stereocenters. The van der Waals surface area contributed by atoms with E-state index in [0.717, 1.165) is 48.2 Å². The predicted molar refractivity (Wildman–Crippen MR) is 136 cm³/mol. The van der Waals surface area contributed by atoms with E-state index < -0.39 is 5.97 Å². The van der Waals surface area contributed by atoms with Gasteiger partial charge in [0, 0.05) is 17.5 Å². The number of aliphatic carboxylic acids is 1. The van der Waals surface area contributed by atoms with Gasteiger partial charge in [0.25, 0.3) is 0 Å². The summed E-state index contributed by atoms with van der Waals surface area (Å²) in [5.41, 5.74) is 3.71. The number of para-hydroxylation sites is 1. The molecule has 4 aromatic rings. The molecule has 0 radical (unpaired) electrons. The first kappa shape index (κ1) is 27.7. The second kappa shape index (κ2) is 14.0. The van der Waals surface area contributed by atoms with Crippen LogP contribution in [0.4, 0.5) is 4.39 Å². The Bertz CT molecular complexity index is 1250. The van der Waals surface area contributed by atoms with Gasteiger partial charge in [0.05, 0.1) is 18.0 Å². The predicted octanol–water partition coefficient (Wildman–Crippen LogP) is 4.27. The van der Waals surface area contributed by atoms with Crippen molar-refractivity contribution in [1.82, 2.24) is 9.55 Å². The van der Waals surface area contributed by atoms with Crippen LogP contribution in [-0.4, -0.2) is 27.2 Å². The van der Waals surface area contributed by atoms with E-state index in [1.807, 2.05) is 60.7 Å². The molecule has 0 aliphatic rings. The molecule has 0 aliphatic heterocycles.